The fourth-order valence-corrected chi connectivity index (χ4v) is 4.17. The molecule has 186 valence electrons. The number of benzene rings is 2. The van der Waals surface area contributed by atoms with Crippen molar-refractivity contribution in [2.45, 2.75) is 26.1 Å². The third kappa shape index (κ3) is 4.31. The summed E-state index contributed by atoms with van der Waals surface area (Å²) < 4.78 is 6.12. The second kappa shape index (κ2) is 10.0. The summed E-state index contributed by atoms with van der Waals surface area (Å²) in [5, 5.41) is 0. The summed E-state index contributed by atoms with van der Waals surface area (Å²) in [6.45, 7) is 1.48. The van der Waals surface area contributed by atoms with E-state index in [-0.39, 0.29) is 42.3 Å². The van der Waals surface area contributed by atoms with Crippen LogP contribution in [0.25, 0.3) is 0 Å². The van der Waals surface area contributed by atoms with Crippen molar-refractivity contribution in [1.29, 1.82) is 0 Å². The number of nitrogens with one attached hydrogen (secondary N) is 1. The molecule has 0 saturated heterocycles. The van der Waals surface area contributed by atoms with Crippen LogP contribution in [-0.4, -0.2) is 51.9 Å². The van der Waals surface area contributed by atoms with E-state index in [9.17, 15) is 24.0 Å². The molecule has 1 aliphatic rings. The highest BCUT2D eigenvalue weighted by molar-refractivity contribution is 6.23. The first kappa shape index (κ1) is 24.6. The number of fused-ring (bicyclic) bond motifs is 1. The molecular weight excluding hydrogens is 466 g/mol. The highest BCUT2D eigenvalue weighted by atomic mass is 16.5. The normalized spacial score (nSPS) is 13.6. The lowest BCUT2D eigenvalue weighted by molar-refractivity contribution is -0.122. The van der Waals surface area contributed by atoms with Crippen molar-refractivity contribution in [1.82, 2.24) is 14.5 Å². The largest absolute Gasteiger partial charge is 0.383 e. The second-order valence-corrected chi connectivity index (χ2v) is 8.25. The zero-order chi connectivity index (χ0) is 26.0. The number of carbonyl (C=O) groups excluding carboxylic acids is 3. The highest BCUT2D eigenvalue weighted by Gasteiger charge is 2.42. The molecule has 0 saturated carbocycles. The molecule has 11 nitrogen and oxygen atoms in total. The summed E-state index contributed by atoms with van der Waals surface area (Å²) >= 11 is 0. The fraction of sp³-hybridized carbons (Fsp3) is 0.240. The molecule has 1 aliphatic heterocycles. The summed E-state index contributed by atoms with van der Waals surface area (Å²) in [5.74, 6) is -2.17. The molecule has 2 aromatic carbocycles. The Morgan fingerprint density at radius 3 is 2.17 bits per heavy atom. The highest BCUT2D eigenvalue weighted by Crippen LogP contribution is 2.27. The summed E-state index contributed by atoms with van der Waals surface area (Å²) in [6.07, 6.45) is 0. The Morgan fingerprint density at radius 1 is 1.00 bits per heavy atom. The maximum atomic E-state index is 13.9. The zero-order valence-electron chi connectivity index (χ0n) is 19.8. The zero-order valence-corrected chi connectivity index (χ0v) is 19.8. The van der Waals surface area contributed by atoms with Crippen LogP contribution in [0.15, 0.2) is 64.2 Å². The predicted molar refractivity (Wildman–Crippen MR) is 132 cm³/mol. The Bertz CT molecular complexity index is 1410. The quantitative estimate of drug-likeness (QED) is 0.446. The lowest BCUT2D eigenvalue weighted by Gasteiger charge is -2.30. The lowest BCUT2D eigenvalue weighted by atomic mass is 10.1. The molecule has 0 aliphatic carbocycles. The van der Waals surface area contributed by atoms with Crippen LogP contribution in [0.1, 0.15) is 33.2 Å². The van der Waals surface area contributed by atoms with Crippen LogP contribution < -0.4 is 21.9 Å². The number of carbonyl (C=O) groups is 3. The van der Waals surface area contributed by atoms with Gasteiger partial charge in [-0.25, -0.2) is 4.79 Å². The van der Waals surface area contributed by atoms with Crippen LogP contribution >= 0.6 is 0 Å². The Kier molecular flexibility index (Phi) is 6.84. The molecule has 1 atom stereocenters. The van der Waals surface area contributed by atoms with Gasteiger partial charge in [0.25, 0.3) is 23.3 Å². The summed E-state index contributed by atoms with van der Waals surface area (Å²) in [4.78, 5) is 69.4. The number of rotatable bonds is 8. The number of imide groups is 1. The van der Waals surface area contributed by atoms with Crippen LogP contribution in [-0.2, 0) is 22.6 Å². The van der Waals surface area contributed by atoms with Crippen LogP contribution in [0.5, 0.6) is 0 Å². The van der Waals surface area contributed by atoms with E-state index >= 15 is 0 Å². The van der Waals surface area contributed by atoms with Gasteiger partial charge in [-0.3, -0.25) is 38.5 Å². The van der Waals surface area contributed by atoms with E-state index in [0.29, 0.717) is 5.56 Å². The molecule has 3 amide bonds. The van der Waals surface area contributed by atoms with Gasteiger partial charge in [-0.05, 0) is 24.6 Å². The van der Waals surface area contributed by atoms with Crippen LogP contribution in [0, 0.1) is 0 Å². The Labute approximate surface area is 205 Å². The van der Waals surface area contributed by atoms with Crippen molar-refractivity contribution in [2.24, 2.45) is 0 Å². The van der Waals surface area contributed by atoms with E-state index in [1.54, 1.807) is 42.5 Å². The first-order valence-electron chi connectivity index (χ1n) is 11.2. The number of nitrogens with zero attached hydrogens (tertiary/aromatic N) is 3. The minimum atomic E-state index is -1.26. The maximum Gasteiger partial charge on any atom is 0.330 e. The number of ether oxygens (including phenoxy) is 1. The van der Waals surface area contributed by atoms with Crippen molar-refractivity contribution in [3.8, 4) is 0 Å². The number of anilines is 2. The minimum absolute atomic E-state index is 0.0340. The molecule has 2 heterocycles. The molecule has 0 fully saturated rings. The predicted octanol–water partition coefficient (Wildman–Crippen LogP) is 0.983. The summed E-state index contributed by atoms with van der Waals surface area (Å²) in [6, 6.07) is 13.8. The Balaban J connectivity index is 1.79. The van der Waals surface area contributed by atoms with E-state index < -0.39 is 35.0 Å². The summed E-state index contributed by atoms with van der Waals surface area (Å²) in [7, 11) is 1.45. The molecule has 0 spiro atoms. The molecule has 11 heteroatoms. The lowest BCUT2D eigenvalue weighted by Crippen LogP contribution is -2.51. The SMILES string of the molecule is COCCn1c(N)c(N(Cc2ccccc2)C(=O)[C@@H](C)N2C(=O)c3ccccc3C2=O)c(=O)[nH]c1=O. The van der Waals surface area contributed by atoms with Gasteiger partial charge in [0, 0.05) is 7.11 Å². The number of hydrogen-bond donors (Lipinski definition) is 2. The topological polar surface area (TPSA) is 148 Å². The molecule has 1 aromatic heterocycles. The molecule has 4 rings (SSSR count). The fourth-order valence-electron chi connectivity index (χ4n) is 4.17. The van der Waals surface area contributed by atoms with E-state index in [2.05, 4.69) is 4.98 Å². The Morgan fingerprint density at radius 2 is 1.58 bits per heavy atom. The molecule has 3 aromatic rings. The molecule has 0 unspecified atom stereocenters. The van der Waals surface area contributed by atoms with Gasteiger partial charge < -0.3 is 10.5 Å². The van der Waals surface area contributed by atoms with Crippen LogP contribution in [0.4, 0.5) is 11.5 Å². The van der Waals surface area contributed by atoms with Gasteiger partial charge in [-0.1, -0.05) is 42.5 Å². The number of aromatic nitrogens is 2. The summed E-state index contributed by atoms with van der Waals surface area (Å²) in [5.41, 5.74) is 5.41. The third-order valence-electron chi connectivity index (χ3n) is 6.02. The average molecular weight is 492 g/mol. The van der Waals surface area contributed by atoms with Crippen molar-refractivity contribution in [3.05, 3.63) is 92.1 Å². The monoisotopic (exact) mass is 491 g/mol. The van der Waals surface area contributed by atoms with Crippen LogP contribution in [0.2, 0.25) is 0 Å². The minimum Gasteiger partial charge on any atom is -0.383 e. The number of H-pyrrole nitrogens is 1. The number of aromatic amines is 1. The van der Waals surface area contributed by atoms with E-state index in [0.717, 1.165) is 14.4 Å². The average Bonchev–Trinajstić information content (AvgIpc) is 3.12. The van der Waals surface area contributed by atoms with Gasteiger partial charge in [-0.15, -0.1) is 0 Å². The standard InChI is InChI=1S/C25H25N5O6/c1-15(30-23(33)17-10-6-7-11-18(17)24(30)34)22(32)29(14-16-8-4-3-5-9-16)19-20(26)28(12-13-36-2)25(35)27-21(19)31/h3-11,15H,12-14,26H2,1-2H3,(H,27,31,35)/t15-/m1/s1. The number of hydrogen-bond acceptors (Lipinski definition) is 7. The smallest absolute Gasteiger partial charge is 0.330 e. The first-order chi connectivity index (χ1) is 17.3. The first-order valence-corrected chi connectivity index (χ1v) is 11.2. The third-order valence-corrected chi connectivity index (χ3v) is 6.02. The van der Waals surface area contributed by atoms with Gasteiger partial charge in [0.2, 0.25) is 0 Å². The van der Waals surface area contributed by atoms with Gasteiger partial charge in [0.05, 0.1) is 30.8 Å². The van der Waals surface area contributed by atoms with E-state index in [1.165, 1.54) is 26.2 Å². The molecule has 36 heavy (non-hydrogen) atoms. The van der Waals surface area contributed by atoms with E-state index in [1.807, 2.05) is 0 Å². The Hall–Kier alpha value is -4.51. The van der Waals surface area contributed by atoms with Gasteiger partial charge >= 0.3 is 5.69 Å². The maximum absolute atomic E-state index is 13.9. The number of nitrogen functional groups attached to an aromatic ring is 1. The second-order valence-electron chi connectivity index (χ2n) is 8.25. The number of nitrogens with two attached hydrogens (primary N) is 1. The number of methoxy groups -OCH3 is 1. The van der Waals surface area contributed by atoms with Crippen LogP contribution in [0.3, 0.4) is 0 Å². The van der Waals surface area contributed by atoms with Gasteiger partial charge in [-0.2, -0.15) is 0 Å². The molecule has 3 N–H and O–H groups in total. The van der Waals surface area contributed by atoms with Gasteiger partial charge in [0.15, 0.2) is 5.69 Å². The van der Waals surface area contributed by atoms with Crippen molar-refractivity contribution in [2.75, 3.05) is 24.4 Å². The van der Waals surface area contributed by atoms with Crippen molar-refractivity contribution < 1.29 is 19.1 Å². The molecule has 0 radical (unpaired) electrons. The van der Waals surface area contributed by atoms with Crippen molar-refractivity contribution >= 4 is 29.2 Å². The van der Waals surface area contributed by atoms with Crippen molar-refractivity contribution in [3.63, 3.8) is 0 Å². The van der Waals surface area contributed by atoms with E-state index in [4.69, 9.17) is 10.5 Å². The number of amides is 3. The van der Waals surface area contributed by atoms with Gasteiger partial charge in [0.1, 0.15) is 11.9 Å². The molecular formula is C25H25N5O6. The molecule has 0 bridgehead atoms.